The Bertz CT molecular complexity index is 1450. The molecule has 1 aliphatic rings. The first kappa shape index (κ1) is 20.4. The molecular formula is C23H21FN4O3S. The fourth-order valence-electron chi connectivity index (χ4n) is 4.07. The molecule has 1 aliphatic heterocycles. The van der Waals surface area contributed by atoms with Crippen LogP contribution in [0.3, 0.4) is 0 Å². The first-order valence-electron chi connectivity index (χ1n) is 10.1. The molecule has 0 saturated carbocycles. The van der Waals surface area contributed by atoms with Crippen LogP contribution >= 0.6 is 0 Å². The summed E-state index contributed by atoms with van der Waals surface area (Å²) >= 11 is 0. The summed E-state index contributed by atoms with van der Waals surface area (Å²) < 4.78 is 45.4. The monoisotopic (exact) mass is 452 g/mol. The zero-order valence-electron chi connectivity index (χ0n) is 17.6. The quantitative estimate of drug-likeness (QED) is 0.496. The number of nitrogens with zero attached hydrogens (tertiary/aromatic N) is 3. The van der Waals surface area contributed by atoms with E-state index in [1.165, 1.54) is 12.3 Å². The highest BCUT2D eigenvalue weighted by molar-refractivity contribution is 7.90. The fraction of sp³-hybridized carbons (Fsp3) is 0.217. The van der Waals surface area contributed by atoms with Crippen LogP contribution in [0.4, 0.5) is 10.3 Å². The summed E-state index contributed by atoms with van der Waals surface area (Å²) in [6, 6.07) is 9.78. The Morgan fingerprint density at radius 1 is 1.16 bits per heavy atom. The lowest BCUT2D eigenvalue weighted by Gasteiger charge is -2.13. The maximum absolute atomic E-state index is 14.5. The number of sulfone groups is 1. The molecule has 9 heteroatoms. The molecule has 7 nitrogen and oxygen atoms in total. The van der Waals surface area contributed by atoms with E-state index in [9.17, 15) is 12.8 Å². The molecular weight excluding hydrogens is 431 g/mol. The third-order valence-electron chi connectivity index (χ3n) is 5.71. The van der Waals surface area contributed by atoms with Gasteiger partial charge in [-0.05, 0) is 36.8 Å². The van der Waals surface area contributed by atoms with Gasteiger partial charge in [0.2, 0.25) is 5.95 Å². The van der Waals surface area contributed by atoms with E-state index in [-0.39, 0.29) is 17.3 Å². The minimum absolute atomic E-state index is 0.259. The summed E-state index contributed by atoms with van der Waals surface area (Å²) in [4.78, 5) is 9.23. The number of ether oxygens (including phenoxy) is 1. The van der Waals surface area contributed by atoms with Crippen LogP contribution < -0.4 is 10.1 Å². The number of aromatic nitrogens is 3. The largest absolute Gasteiger partial charge is 0.493 e. The number of benzene rings is 2. The molecule has 2 aromatic heterocycles. The second-order valence-corrected chi connectivity index (χ2v) is 9.81. The van der Waals surface area contributed by atoms with Crippen molar-refractivity contribution in [2.75, 3.05) is 18.2 Å². The Labute approximate surface area is 184 Å². The van der Waals surface area contributed by atoms with E-state index in [0.29, 0.717) is 24.5 Å². The van der Waals surface area contributed by atoms with E-state index >= 15 is 0 Å². The van der Waals surface area contributed by atoms with Gasteiger partial charge in [-0.3, -0.25) is 4.40 Å². The molecule has 0 radical (unpaired) electrons. The molecule has 1 N–H and O–H groups in total. The summed E-state index contributed by atoms with van der Waals surface area (Å²) in [5.74, 6) is 0.989. The van der Waals surface area contributed by atoms with Crippen LogP contribution in [0.1, 0.15) is 16.8 Å². The maximum atomic E-state index is 14.5. The van der Waals surface area contributed by atoms with Crippen LogP contribution in [0.25, 0.3) is 16.6 Å². The topological polar surface area (TPSA) is 85.6 Å². The summed E-state index contributed by atoms with van der Waals surface area (Å²) in [5.41, 5.74) is 4.76. The van der Waals surface area contributed by atoms with E-state index < -0.39 is 9.84 Å². The molecule has 0 spiro atoms. The number of rotatable bonds is 5. The third kappa shape index (κ3) is 3.48. The van der Waals surface area contributed by atoms with Gasteiger partial charge in [0.05, 0.1) is 22.7 Å². The van der Waals surface area contributed by atoms with E-state index in [1.54, 1.807) is 42.9 Å². The number of halogens is 1. The Morgan fingerprint density at radius 2 is 1.94 bits per heavy atom. The standard InChI is InChI=1S/C23H21FN4O3S/c1-14-22-18(15-3-5-16(6-4-15)32(2,29)30)11-25-23(28(22)13-27-14)26-12-19-17-9-10-31-21(17)8-7-20(19)24/h3-8,11,13H,9-10,12H2,1-2H3,(H,25,26). The number of aryl methyl sites for hydroxylation is 1. The van der Waals surface area contributed by atoms with E-state index in [0.717, 1.165) is 33.7 Å². The van der Waals surface area contributed by atoms with Gasteiger partial charge in [0.25, 0.3) is 0 Å². The summed E-state index contributed by atoms with van der Waals surface area (Å²) in [5, 5.41) is 3.23. The van der Waals surface area contributed by atoms with Gasteiger partial charge in [-0.25, -0.2) is 22.8 Å². The van der Waals surface area contributed by atoms with E-state index in [1.807, 2.05) is 11.3 Å². The molecule has 0 bridgehead atoms. The molecule has 164 valence electrons. The minimum Gasteiger partial charge on any atom is -0.493 e. The summed E-state index contributed by atoms with van der Waals surface area (Å²) in [6.07, 6.45) is 5.25. The fourth-order valence-corrected chi connectivity index (χ4v) is 4.70. The van der Waals surface area contributed by atoms with Crippen molar-refractivity contribution in [2.24, 2.45) is 0 Å². The highest BCUT2D eigenvalue weighted by Gasteiger charge is 2.20. The van der Waals surface area contributed by atoms with Crippen molar-refractivity contribution in [1.29, 1.82) is 0 Å². The van der Waals surface area contributed by atoms with Gasteiger partial charge < -0.3 is 10.1 Å². The normalized spacial score (nSPS) is 13.2. The number of imidazole rings is 1. The van der Waals surface area contributed by atoms with Crippen molar-refractivity contribution in [3.05, 3.63) is 71.6 Å². The summed E-state index contributed by atoms with van der Waals surface area (Å²) in [7, 11) is -3.27. The zero-order chi connectivity index (χ0) is 22.5. The predicted molar refractivity (Wildman–Crippen MR) is 119 cm³/mol. The minimum atomic E-state index is -3.27. The number of anilines is 1. The second kappa shape index (κ2) is 7.59. The van der Waals surface area contributed by atoms with Crippen molar-refractivity contribution < 1.29 is 17.5 Å². The highest BCUT2D eigenvalue weighted by Crippen LogP contribution is 2.32. The van der Waals surface area contributed by atoms with Gasteiger partial charge in [-0.15, -0.1) is 0 Å². The molecule has 0 atom stereocenters. The molecule has 32 heavy (non-hydrogen) atoms. The van der Waals surface area contributed by atoms with Crippen molar-refractivity contribution in [2.45, 2.75) is 24.8 Å². The van der Waals surface area contributed by atoms with Crippen LogP contribution in [-0.2, 0) is 22.8 Å². The van der Waals surface area contributed by atoms with Gasteiger partial charge in [0.15, 0.2) is 9.84 Å². The Balaban J connectivity index is 1.51. The second-order valence-electron chi connectivity index (χ2n) is 7.80. The first-order chi connectivity index (χ1) is 15.3. The molecule has 0 amide bonds. The van der Waals surface area contributed by atoms with Crippen LogP contribution in [0.5, 0.6) is 5.75 Å². The molecule has 0 unspecified atom stereocenters. The molecule has 3 heterocycles. The lowest BCUT2D eigenvalue weighted by molar-refractivity contribution is 0.356. The van der Waals surface area contributed by atoms with E-state index in [4.69, 9.17) is 4.74 Å². The number of fused-ring (bicyclic) bond motifs is 2. The van der Waals surface area contributed by atoms with Crippen molar-refractivity contribution in [3.8, 4) is 16.9 Å². The van der Waals surface area contributed by atoms with Crippen LogP contribution in [-0.4, -0.2) is 35.6 Å². The zero-order valence-corrected chi connectivity index (χ0v) is 18.4. The smallest absolute Gasteiger partial charge is 0.208 e. The van der Waals surface area contributed by atoms with Gasteiger partial charge in [0, 0.05) is 42.1 Å². The summed E-state index contributed by atoms with van der Waals surface area (Å²) in [6.45, 7) is 2.72. The third-order valence-corrected chi connectivity index (χ3v) is 6.84. The van der Waals surface area contributed by atoms with Crippen molar-refractivity contribution in [1.82, 2.24) is 14.4 Å². The highest BCUT2D eigenvalue weighted by atomic mass is 32.2. The Hall–Kier alpha value is -3.46. The van der Waals surface area contributed by atoms with Gasteiger partial charge in [-0.1, -0.05) is 12.1 Å². The van der Waals surface area contributed by atoms with E-state index in [2.05, 4.69) is 15.3 Å². The van der Waals surface area contributed by atoms with Crippen LogP contribution in [0, 0.1) is 12.7 Å². The van der Waals surface area contributed by atoms with Gasteiger partial charge in [0.1, 0.15) is 17.9 Å². The lowest BCUT2D eigenvalue weighted by Crippen LogP contribution is -2.09. The first-order valence-corrected chi connectivity index (χ1v) is 12.0. The number of hydrogen-bond donors (Lipinski definition) is 1. The Morgan fingerprint density at radius 3 is 2.69 bits per heavy atom. The molecule has 0 fully saturated rings. The van der Waals surface area contributed by atoms with Crippen molar-refractivity contribution in [3.63, 3.8) is 0 Å². The SMILES string of the molecule is Cc1ncn2c(NCc3c(F)ccc4c3CCO4)ncc(-c3ccc(S(C)(=O)=O)cc3)c12. The molecule has 0 saturated heterocycles. The molecule has 0 aliphatic carbocycles. The average Bonchev–Trinajstić information content (AvgIpc) is 3.40. The number of hydrogen-bond acceptors (Lipinski definition) is 6. The molecule has 2 aromatic carbocycles. The predicted octanol–water partition coefficient (Wildman–Crippen LogP) is 3.79. The van der Waals surface area contributed by atoms with Crippen LogP contribution in [0.15, 0.2) is 53.8 Å². The van der Waals surface area contributed by atoms with Gasteiger partial charge >= 0.3 is 0 Å². The molecule has 5 rings (SSSR count). The number of nitrogens with one attached hydrogen (secondary N) is 1. The van der Waals surface area contributed by atoms with Crippen LogP contribution in [0.2, 0.25) is 0 Å². The Kier molecular flexibility index (Phi) is 4.85. The maximum Gasteiger partial charge on any atom is 0.208 e. The van der Waals surface area contributed by atoms with Gasteiger partial charge in [-0.2, -0.15) is 0 Å². The average molecular weight is 453 g/mol. The van der Waals surface area contributed by atoms with Crippen molar-refractivity contribution >= 4 is 21.3 Å². The molecule has 4 aromatic rings. The lowest BCUT2D eigenvalue weighted by atomic mass is 10.0.